The summed E-state index contributed by atoms with van der Waals surface area (Å²) in [4.78, 5) is 2.36. The first-order valence-corrected chi connectivity index (χ1v) is 5.63. The minimum atomic E-state index is -0.143. The Labute approximate surface area is 89.0 Å². The van der Waals surface area contributed by atoms with E-state index in [2.05, 4.69) is 40.7 Å². The molecule has 1 aliphatic rings. The van der Waals surface area contributed by atoms with Crippen molar-refractivity contribution < 1.29 is 0 Å². The number of rotatable bonds is 4. The molecule has 0 aromatic rings. The maximum atomic E-state index is 8.96. The zero-order valence-electron chi connectivity index (χ0n) is 8.60. The molecule has 0 heterocycles. The molecule has 1 fully saturated rings. The molecule has 0 radical (unpaired) electrons. The van der Waals surface area contributed by atoms with Crippen LogP contribution in [0.2, 0.25) is 0 Å². The smallest absolute Gasteiger partial charge is 0.0726 e. The van der Waals surface area contributed by atoms with Gasteiger partial charge in [-0.25, -0.2) is 0 Å². The fraction of sp³-hybridized carbons (Fsp3) is 0.900. The lowest BCUT2D eigenvalue weighted by atomic mass is 10.1. The Morgan fingerprint density at radius 1 is 1.46 bits per heavy atom. The predicted octanol–water partition coefficient (Wildman–Crippen LogP) is 2.40. The number of hydrogen-bond acceptors (Lipinski definition) is 2. The lowest BCUT2D eigenvalue weighted by Crippen LogP contribution is -2.33. The second-order valence-electron chi connectivity index (χ2n) is 4.05. The molecule has 0 aromatic heterocycles. The highest BCUT2D eigenvalue weighted by Gasteiger charge is 2.64. The van der Waals surface area contributed by atoms with Crippen molar-refractivity contribution in [3.05, 3.63) is 0 Å². The van der Waals surface area contributed by atoms with Crippen LogP contribution in [0.4, 0.5) is 0 Å². The Morgan fingerprint density at radius 2 is 2.00 bits per heavy atom. The normalized spacial score (nSPS) is 37.5. The molecule has 2 atom stereocenters. The van der Waals surface area contributed by atoms with E-state index in [-0.39, 0.29) is 9.74 Å². The van der Waals surface area contributed by atoms with Crippen LogP contribution < -0.4 is 0 Å². The summed E-state index contributed by atoms with van der Waals surface area (Å²) in [5.74, 6) is 0. The van der Waals surface area contributed by atoms with Crippen LogP contribution in [0.3, 0.4) is 0 Å². The molecular formula is C10H17BrN2. The lowest BCUT2D eigenvalue weighted by molar-refractivity contribution is 0.293. The van der Waals surface area contributed by atoms with Gasteiger partial charge in [-0.15, -0.1) is 0 Å². The molecule has 0 spiro atoms. The first kappa shape index (κ1) is 11.0. The third-order valence-electron chi connectivity index (χ3n) is 3.11. The molecule has 74 valence electrons. The van der Waals surface area contributed by atoms with Gasteiger partial charge in [-0.05, 0) is 26.4 Å². The van der Waals surface area contributed by atoms with Gasteiger partial charge in [-0.2, -0.15) is 5.26 Å². The molecule has 2 nitrogen and oxygen atoms in total. The molecule has 0 N–H and O–H groups in total. The molecule has 0 saturated heterocycles. The second kappa shape index (κ2) is 3.59. The monoisotopic (exact) mass is 244 g/mol. The Kier molecular flexibility index (Phi) is 3.04. The lowest BCUT2D eigenvalue weighted by Gasteiger charge is -2.22. The predicted molar refractivity (Wildman–Crippen MR) is 57.8 cm³/mol. The number of nitrogens with zero attached hydrogens (tertiary/aromatic N) is 2. The van der Waals surface area contributed by atoms with Gasteiger partial charge in [0.2, 0.25) is 0 Å². The molecule has 0 aromatic carbocycles. The van der Waals surface area contributed by atoms with Crippen molar-refractivity contribution in [1.29, 1.82) is 5.26 Å². The van der Waals surface area contributed by atoms with Crippen LogP contribution in [0.15, 0.2) is 0 Å². The van der Waals surface area contributed by atoms with Gasteiger partial charge in [-0.3, -0.25) is 0 Å². The quantitative estimate of drug-likeness (QED) is 0.711. The maximum absolute atomic E-state index is 8.96. The van der Waals surface area contributed by atoms with Crippen molar-refractivity contribution in [3.8, 4) is 6.07 Å². The SMILES string of the molecule is CCN(CC)C[C@]1(Br)C[C@]1(C)C#N. The largest absolute Gasteiger partial charge is 0.302 e. The van der Waals surface area contributed by atoms with Gasteiger partial charge in [0.15, 0.2) is 0 Å². The summed E-state index contributed by atoms with van der Waals surface area (Å²) in [7, 11) is 0. The summed E-state index contributed by atoms with van der Waals surface area (Å²) in [6.07, 6.45) is 0.979. The van der Waals surface area contributed by atoms with Crippen LogP contribution in [-0.4, -0.2) is 28.9 Å². The van der Waals surface area contributed by atoms with E-state index >= 15 is 0 Å². The fourth-order valence-corrected chi connectivity index (χ4v) is 2.69. The van der Waals surface area contributed by atoms with Crippen molar-refractivity contribution in [1.82, 2.24) is 4.90 Å². The zero-order valence-corrected chi connectivity index (χ0v) is 10.2. The number of alkyl halides is 1. The highest BCUT2D eigenvalue weighted by Crippen LogP contribution is 2.61. The van der Waals surface area contributed by atoms with Gasteiger partial charge >= 0.3 is 0 Å². The van der Waals surface area contributed by atoms with Gasteiger partial charge in [0.05, 0.1) is 15.8 Å². The van der Waals surface area contributed by atoms with Crippen molar-refractivity contribution in [2.45, 2.75) is 31.5 Å². The van der Waals surface area contributed by atoms with E-state index in [1.807, 2.05) is 6.92 Å². The summed E-state index contributed by atoms with van der Waals surface area (Å²) in [6, 6.07) is 2.39. The van der Waals surface area contributed by atoms with Crippen LogP contribution in [0.1, 0.15) is 27.2 Å². The maximum Gasteiger partial charge on any atom is 0.0726 e. The Bertz CT molecular complexity index is 232. The first-order chi connectivity index (χ1) is 6.01. The van der Waals surface area contributed by atoms with Gasteiger partial charge < -0.3 is 4.90 Å². The topological polar surface area (TPSA) is 27.0 Å². The summed E-state index contributed by atoms with van der Waals surface area (Å²) in [5, 5.41) is 8.96. The highest BCUT2D eigenvalue weighted by atomic mass is 79.9. The summed E-state index contributed by atoms with van der Waals surface area (Å²) in [6.45, 7) is 9.46. The van der Waals surface area contributed by atoms with Crippen LogP contribution in [0, 0.1) is 16.7 Å². The van der Waals surface area contributed by atoms with Crippen LogP contribution in [-0.2, 0) is 0 Å². The molecule has 1 rings (SSSR count). The molecule has 1 aliphatic carbocycles. The second-order valence-corrected chi connectivity index (χ2v) is 5.57. The Balaban J connectivity index is 2.53. The van der Waals surface area contributed by atoms with E-state index in [4.69, 9.17) is 5.26 Å². The third-order valence-corrected chi connectivity index (χ3v) is 4.52. The van der Waals surface area contributed by atoms with Crippen molar-refractivity contribution >= 4 is 15.9 Å². The molecule has 1 saturated carbocycles. The van der Waals surface area contributed by atoms with E-state index in [1.54, 1.807) is 0 Å². The van der Waals surface area contributed by atoms with Crippen molar-refractivity contribution in [3.63, 3.8) is 0 Å². The summed E-state index contributed by atoms with van der Waals surface area (Å²) < 4.78 is 0.0563. The molecule has 0 bridgehead atoms. The number of hydrogen-bond donors (Lipinski definition) is 0. The fourth-order valence-electron chi connectivity index (χ4n) is 1.69. The molecule has 13 heavy (non-hydrogen) atoms. The van der Waals surface area contributed by atoms with Crippen LogP contribution in [0.5, 0.6) is 0 Å². The minimum absolute atomic E-state index is 0.0563. The van der Waals surface area contributed by atoms with E-state index < -0.39 is 0 Å². The van der Waals surface area contributed by atoms with Crippen molar-refractivity contribution in [2.24, 2.45) is 5.41 Å². The zero-order chi connectivity index (χ0) is 10.1. The van der Waals surface area contributed by atoms with Gasteiger partial charge in [0.1, 0.15) is 0 Å². The molecule has 0 aliphatic heterocycles. The number of halogens is 1. The highest BCUT2D eigenvalue weighted by molar-refractivity contribution is 9.10. The average molecular weight is 245 g/mol. The van der Waals surface area contributed by atoms with Gasteiger partial charge in [-0.1, -0.05) is 29.8 Å². The van der Waals surface area contributed by atoms with Crippen LogP contribution in [0.25, 0.3) is 0 Å². The Hall–Kier alpha value is -0.0700. The third kappa shape index (κ3) is 1.89. The standard InChI is InChI=1S/C10H17BrN2/c1-4-13(5-2)8-10(11)6-9(10,3)7-12/h4-6,8H2,1-3H3/t9-,10-/m1/s1. The summed E-state index contributed by atoms with van der Waals surface area (Å²) in [5.41, 5.74) is -0.143. The molecule has 3 heteroatoms. The minimum Gasteiger partial charge on any atom is -0.302 e. The molecular weight excluding hydrogens is 228 g/mol. The first-order valence-electron chi connectivity index (χ1n) is 4.84. The van der Waals surface area contributed by atoms with Gasteiger partial charge in [0.25, 0.3) is 0 Å². The van der Waals surface area contributed by atoms with Crippen LogP contribution >= 0.6 is 15.9 Å². The van der Waals surface area contributed by atoms with E-state index in [0.717, 1.165) is 26.1 Å². The van der Waals surface area contributed by atoms with Gasteiger partial charge in [0, 0.05) is 6.54 Å². The molecule has 0 unspecified atom stereocenters. The summed E-state index contributed by atoms with van der Waals surface area (Å²) >= 11 is 3.69. The van der Waals surface area contributed by atoms with E-state index in [1.165, 1.54) is 0 Å². The van der Waals surface area contributed by atoms with E-state index in [9.17, 15) is 0 Å². The average Bonchev–Trinajstić information content (AvgIpc) is 2.66. The van der Waals surface area contributed by atoms with E-state index in [0.29, 0.717) is 0 Å². The Morgan fingerprint density at radius 3 is 2.31 bits per heavy atom. The number of nitriles is 1. The molecule has 0 amide bonds. The van der Waals surface area contributed by atoms with Crippen molar-refractivity contribution in [2.75, 3.05) is 19.6 Å².